The first-order chi connectivity index (χ1) is 12.3. The third kappa shape index (κ3) is 5.48. The molecule has 0 bridgehead atoms. The summed E-state index contributed by atoms with van der Waals surface area (Å²) in [6.45, 7) is 6.06. The van der Waals surface area contributed by atoms with Crippen molar-refractivity contribution in [2.24, 2.45) is 0 Å². The van der Waals surface area contributed by atoms with E-state index >= 15 is 0 Å². The van der Waals surface area contributed by atoms with Gasteiger partial charge in [-0.2, -0.15) is 0 Å². The number of halogens is 2. The topological polar surface area (TPSA) is 49.4 Å². The summed E-state index contributed by atoms with van der Waals surface area (Å²) in [6, 6.07) is 11.0. The van der Waals surface area contributed by atoms with Crippen LogP contribution in [0, 0.1) is 13.8 Å². The summed E-state index contributed by atoms with van der Waals surface area (Å²) in [5, 5.41) is 4.01. The Labute approximate surface area is 164 Å². The first kappa shape index (κ1) is 20.3. The van der Waals surface area contributed by atoms with Crippen LogP contribution in [0.2, 0.25) is 10.0 Å². The Balaban J connectivity index is 1.98. The van der Waals surface area contributed by atoms with Gasteiger partial charge in [0.25, 0.3) is 0 Å². The Morgan fingerprint density at radius 2 is 1.73 bits per heavy atom. The quantitative estimate of drug-likeness (QED) is 0.795. The van der Waals surface area contributed by atoms with Gasteiger partial charge in [0.2, 0.25) is 11.8 Å². The molecule has 0 atom stereocenters. The molecule has 0 heterocycles. The lowest BCUT2D eigenvalue weighted by Gasteiger charge is -2.25. The average Bonchev–Trinajstić information content (AvgIpc) is 2.54. The van der Waals surface area contributed by atoms with Gasteiger partial charge in [0.1, 0.15) is 0 Å². The second-order valence-corrected chi connectivity index (χ2v) is 7.08. The standard InChI is InChI=1S/C20H22Cl2N2O2/c1-13-10-14(2)20(18(22)11-13)24(15(3)25)9-8-23-19(26)12-16-4-6-17(21)7-5-16/h4-7,10-11H,8-9,12H2,1-3H3,(H,23,26). The molecule has 0 saturated heterocycles. The summed E-state index contributed by atoms with van der Waals surface area (Å²) >= 11 is 12.2. The van der Waals surface area contributed by atoms with Gasteiger partial charge in [-0.25, -0.2) is 0 Å². The van der Waals surface area contributed by atoms with Gasteiger partial charge in [-0.3, -0.25) is 9.59 Å². The number of carbonyl (C=O) groups excluding carboxylic acids is 2. The van der Waals surface area contributed by atoms with E-state index in [2.05, 4.69) is 5.32 Å². The highest BCUT2D eigenvalue weighted by molar-refractivity contribution is 6.34. The van der Waals surface area contributed by atoms with Crippen LogP contribution < -0.4 is 10.2 Å². The minimum Gasteiger partial charge on any atom is -0.354 e. The van der Waals surface area contributed by atoms with Crippen LogP contribution in [0.3, 0.4) is 0 Å². The molecule has 0 unspecified atom stereocenters. The van der Waals surface area contributed by atoms with Crippen LogP contribution in [0.15, 0.2) is 36.4 Å². The molecular weight excluding hydrogens is 371 g/mol. The molecule has 0 aliphatic heterocycles. The van der Waals surface area contributed by atoms with Gasteiger partial charge in [-0.05, 0) is 48.7 Å². The molecule has 0 radical (unpaired) electrons. The van der Waals surface area contributed by atoms with Crippen LogP contribution in [0.5, 0.6) is 0 Å². The Morgan fingerprint density at radius 1 is 1.08 bits per heavy atom. The zero-order valence-electron chi connectivity index (χ0n) is 15.1. The van der Waals surface area contributed by atoms with Gasteiger partial charge in [-0.15, -0.1) is 0 Å². The largest absolute Gasteiger partial charge is 0.354 e. The normalized spacial score (nSPS) is 10.5. The van der Waals surface area contributed by atoms with Crippen molar-refractivity contribution in [1.82, 2.24) is 5.32 Å². The molecule has 0 aliphatic rings. The van der Waals surface area contributed by atoms with Crippen molar-refractivity contribution in [3.8, 4) is 0 Å². The SMILES string of the molecule is CC(=O)N(CCNC(=O)Cc1ccc(Cl)cc1)c1c(C)cc(C)cc1Cl. The van der Waals surface area contributed by atoms with Crippen molar-refractivity contribution in [2.45, 2.75) is 27.2 Å². The average molecular weight is 393 g/mol. The molecule has 26 heavy (non-hydrogen) atoms. The van der Waals surface area contributed by atoms with E-state index in [0.29, 0.717) is 28.8 Å². The van der Waals surface area contributed by atoms with Gasteiger partial charge in [0, 0.05) is 25.0 Å². The second kappa shape index (κ2) is 9.06. The summed E-state index contributed by atoms with van der Waals surface area (Å²) in [6.07, 6.45) is 0.265. The van der Waals surface area contributed by atoms with E-state index in [1.165, 1.54) is 6.92 Å². The molecule has 4 nitrogen and oxygen atoms in total. The third-order valence-corrected chi connectivity index (χ3v) is 4.52. The van der Waals surface area contributed by atoms with Crippen LogP contribution in [-0.4, -0.2) is 24.9 Å². The van der Waals surface area contributed by atoms with Crippen LogP contribution in [0.1, 0.15) is 23.6 Å². The van der Waals surface area contributed by atoms with Crippen molar-refractivity contribution >= 4 is 40.7 Å². The van der Waals surface area contributed by atoms with E-state index in [0.717, 1.165) is 16.7 Å². The maximum Gasteiger partial charge on any atom is 0.224 e. The molecule has 0 aromatic heterocycles. The number of benzene rings is 2. The molecule has 2 amide bonds. The van der Waals surface area contributed by atoms with E-state index in [9.17, 15) is 9.59 Å². The minimum atomic E-state index is -0.120. The number of hydrogen-bond acceptors (Lipinski definition) is 2. The van der Waals surface area contributed by atoms with E-state index in [4.69, 9.17) is 23.2 Å². The highest BCUT2D eigenvalue weighted by Gasteiger charge is 2.17. The number of hydrogen-bond donors (Lipinski definition) is 1. The van der Waals surface area contributed by atoms with Gasteiger partial charge in [0.05, 0.1) is 17.1 Å². The Morgan fingerprint density at radius 3 is 2.31 bits per heavy atom. The monoisotopic (exact) mass is 392 g/mol. The van der Waals surface area contributed by atoms with Crippen molar-refractivity contribution < 1.29 is 9.59 Å². The summed E-state index contributed by atoms with van der Waals surface area (Å²) in [7, 11) is 0. The smallest absolute Gasteiger partial charge is 0.224 e. The maximum atomic E-state index is 12.1. The van der Waals surface area contributed by atoms with Crippen molar-refractivity contribution in [2.75, 3.05) is 18.0 Å². The summed E-state index contributed by atoms with van der Waals surface area (Å²) in [5.74, 6) is -0.228. The molecule has 0 saturated carbocycles. The fourth-order valence-electron chi connectivity index (χ4n) is 2.83. The number of rotatable bonds is 6. The van der Waals surface area contributed by atoms with Crippen LogP contribution in [0.4, 0.5) is 5.69 Å². The van der Waals surface area contributed by atoms with Crippen LogP contribution in [-0.2, 0) is 16.0 Å². The Kier molecular flexibility index (Phi) is 7.06. The molecule has 0 spiro atoms. The van der Waals surface area contributed by atoms with Crippen LogP contribution >= 0.6 is 23.2 Å². The van der Waals surface area contributed by atoms with E-state index < -0.39 is 0 Å². The fourth-order valence-corrected chi connectivity index (χ4v) is 3.38. The number of amides is 2. The Hall–Kier alpha value is -2.04. The fraction of sp³-hybridized carbons (Fsp3) is 0.300. The van der Waals surface area contributed by atoms with Crippen molar-refractivity contribution in [3.05, 3.63) is 63.1 Å². The number of aryl methyl sites for hydroxylation is 2. The predicted octanol–water partition coefficient (Wildman–Crippen LogP) is 4.32. The van der Waals surface area contributed by atoms with E-state index in [1.54, 1.807) is 17.0 Å². The van der Waals surface area contributed by atoms with Gasteiger partial charge in [-0.1, -0.05) is 41.4 Å². The number of carbonyl (C=O) groups is 2. The molecule has 6 heteroatoms. The molecule has 0 aliphatic carbocycles. The summed E-state index contributed by atoms with van der Waals surface area (Å²) < 4.78 is 0. The summed E-state index contributed by atoms with van der Waals surface area (Å²) in [5.41, 5.74) is 3.54. The minimum absolute atomic E-state index is 0.109. The molecule has 2 aromatic carbocycles. The van der Waals surface area contributed by atoms with Crippen molar-refractivity contribution in [1.29, 1.82) is 0 Å². The van der Waals surface area contributed by atoms with Crippen LogP contribution in [0.25, 0.3) is 0 Å². The van der Waals surface area contributed by atoms with Gasteiger partial charge >= 0.3 is 0 Å². The zero-order valence-corrected chi connectivity index (χ0v) is 16.6. The Bertz CT molecular complexity index is 781. The zero-order chi connectivity index (χ0) is 19.3. The molecule has 138 valence electrons. The lowest BCUT2D eigenvalue weighted by molar-refractivity contribution is -0.121. The highest BCUT2D eigenvalue weighted by atomic mass is 35.5. The summed E-state index contributed by atoms with van der Waals surface area (Å²) in [4.78, 5) is 25.8. The molecule has 2 aromatic rings. The number of nitrogens with one attached hydrogen (secondary N) is 1. The van der Waals surface area contributed by atoms with E-state index in [-0.39, 0.29) is 18.2 Å². The lowest BCUT2D eigenvalue weighted by Crippen LogP contribution is -2.38. The maximum absolute atomic E-state index is 12.1. The first-order valence-corrected chi connectivity index (χ1v) is 9.09. The third-order valence-electron chi connectivity index (χ3n) is 3.98. The molecular formula is C20H22Cl2N2O2. The van der Waals surface area contributed by atoms with E-state index in [1.807, 2.05) is 38.1 Å². The second-order valence-electron chi connectivity index (χ2n) is 6.24. The first-order valence-electron chi connectivity index (χ1n) is 8.34. The number of anilines is 1. The predicted molar refractivity (Wildman–Crippen MR) is 107 cm³/mol. The molecule has 0 fully saturated rings. The van der Waals surface area contributed by atoms with Crippen molar-refractivity contribution in [3.63, 3.8) is 0 Å². The lowest BCUT2D eigenvalue weighted by atomic mass is 10.1. The van der Waals surface area contributed by atoms with Gasteiger partial charge in [0.15, 0.2) is 0 Å². The van der Waals surface area contributed by atoms with Gasteiger partial charge < -0.3 is 10.2 Å². The molecule has 2 rings (SSSR count). The molecule has 1 N–H and O–H groups in total. The number of nitrogens with zero attached hydrogens (tertiary/aromatic N) is 1. The highest BCUT2D eigenvalue weighted by Crippen LogP contribution is 2.31.